The first-order chi connectivity index (χ1) is 17.2. The molecule has 0 aromatic heterocycles. The molecule has 0 radical (unpaired) electrons. The molecular weight excluding hydrogens is 489 g/mol. The number of carboxylic acids is 1. The summed E-state index contributed by atoms with van der Waals surface area (Å²) in [5.74, 6) is -1.78. The van der Waals surface area contributed by atoms with Crippen molar-refractivity contribution in [2.75, 3.05) is 19.8 Å². The third kappa shape index (κ3) is 9.69. The Balaban J connectivity index is 1.87. The number of amides is 1. The summed E-state index contributed by atoms with van der Waals surface area (Å²) < 4.78 is 23.8. The maximum absolute atomic E-state index is 13.0. The van der Waals surface area contributed by atoms with Crippen LogP contribution in [0.25, 0.3) is 0 Å². The number of benzene rings is 1. The molecule has 1 aromatic rings. The lowest BCUT2D eigenvalue weighted by Crippen LogP contribution is -2.45. The molecule has 0 spiro atoms. The molecule has 2 unspecified atom stereocenters. The van der Waals surface area contributed by atoms with E-state index in [9.17, 15) is 19.3 Å². The van der Waals surface area contributed by atoms with Crippen molar-refractivity contribution < 1.29 is 33.1 Å². The molecule has 1 heterocycles. The van der Waals surface area contributed by atoms with Crippen molar-refractivity contribution in [1.82, 2.24) is 10.4 Å². The second-order valence-corrected chi connectivity index (χ2v) is 10.1. The Morgan fingerprint density at radius 3 is 2.36 bits per heavy atom. The van der Waals surface area contributed by atoms with Crippen molar-refractivity contribution in [1.29, 1.82) is 5.41 Å². The van der Waals surface area contributed by atoms with E-state index in [1.807, 2.05) is 13.8 Å². The Kier molecular flexibility index (Phi) is 12.0. The van der Waals surface area contributed by atoms with Gasteiger partial charge in [0.25, 0.3) is 0 Å². The number of oxime groups is 1. The van der Waals surface area contributed by atoms with Crippen molar-refractivity contribution in [3.63, 3.8) is 0 Å². The van der Waals surface area contributed by atoms with Crippen LogP contribution in [0, 0.1) is 5.41 Å². The molecule has 0 aliphatic carbocycles. The summed E-state index contributed by atoms with van der Waals surface area (Å²) in [6.45, 7) is 3.89. The average molecular weight is 526 g/mol. The molecule has 0 saturated heterocycles. The molecule has 6 N–H and O–H groups in total. The van der Waals surface area contributed by atoms with Gasteiger partial charge in [-0.3, -0.25) is 24.0 Å². The topological polar surface area (TPSA) is 185 Å². The van der Waals surface area contributed by atoms with Crippen molar-refractivity contribution in [3.8, 4) is 0 Å². The molecule has 36 heavy (non-hydrogen) atoms. The number of carbonyl (C=O) groups excluding carboxylic acids is 1. The van der Waals surface area contributed by atoms with E-state index in [0.29, 0.717) is 30.5 Å². The van der Waals surface area contributed by atoms with Crippen LogP contribution >= 0.6 is 7.75 Å². The fourth-order valence-corrected chi connectivity index (χ4v) is 4.74. The number of carbonyl (C=O) groups is 2. The van der Waals surface area contributed by atoms with Crippen LogP contribution in [-0.2, 0) is 28.0 Å². The molecule has 0 saturated carbocycles. The zero-order valence-electron chi connectivity index (χ0n) is 20.7. The number of unbranched alkanes of at least 4 members (excludes halogenated alkanes) is 2. The molecule has 1 aromatic carbocycles. The first kappa shape index (κ1) is 29.4. The fraction of sp³-hybridized carbons (Fsp3) is 0.565. The lowest BCUT2D eigenvalue weighted by atomic mass is 10.0. The zero-order valence-corrected chi connectivity index (χ0v) is 21.6. The van der Waals surface area contributed by atoms with Gasteiger partial charge in [-0.25, -0.2) is 9.65 Å². The Morgan fingerprint density at radius 2 is 1.83 bits per heavy atom. The van der Waals surface area contributed by atoms with Crippen LogP contribution < -0.4 is 16.1 Å². The van der Waals surface area contributed by atoms with Crippen molar-refractivity contribution in [2.24, 2.45) is 10.9 Å². The van der Waals surface area contributed by atoms with Crippen LogP contribution in [0.3, 0.4) is 0 Å². The molecule has 2 atom stereocenters. The lowest BCUT2D eigenvalue weighted by molar-refractivity contribution is -0.139. The summed E-state index contributed by atoms with van der Waals surface area (Å²) >= 11 is 0. The Hall–Kier alpha value is -2.79. The Bertz CT molecular complexity index is 956. The number of rotatable bonds is 17. The highest BCUT2D eigenvalue weighted by Gasteiger charge is 2.33. The monoisotopic (exact) mass is 525 g/mol. The van der Waals surface area contributed by atoms with Crippen molar-refractivity contribution >= 4 is 31.2 Å². The van der Waals surface area contributed by atoms with E-state index in [0.717, 1.165) is 18.4 Å². The van der Waals surface area contributed by atoms with E-state index < -0.39 is 31.8 Å². The first-order valence-electron chi connectivity index (χ1n) is 12.0. The van der Waals surface area contributed by atoms with Crippen molar-refractivity contribution in [3.05, 3.63) is 35.4 Å². The summed E-state index contributed by atoms with van der Waals surface area (Å²) in [4.78, 5) is 29.6. The van der Waals surface area contributed by atoms with Gasteiger partial charge in [0.1, 0.15) is 18.0 Å². The Labute approximate surface area is 211 Å². The van der Waals surface area contributed by atoms with Crippen LogP contribution in [0.1, 0.15) is 63.5 Å². The number of carboxylic acid groups (broad SMARTS) is 1. The van der Waals surface area contributed by atoms with E-state index in [1.54, 1.807) is 24.3 Å². The standard InChI is InChI=1S/C23H36N5O7P/c1-3-5-11-33-36(32,34-12-6-4-2)28-20(23(30)31)15-26-21(29)14-18-13-19(27-35-18)16-7-9-17(10-8-16)22(24)25/h7-10,18,20H,3-6,11-15H2,1-2H3,(H3,24,25)(H,26,29)(H,28,32)(H,30,31). The van der Waals surface area contributed by atoms with Crippen LogP contribution in [0.5, 0.6) is 0 Å². The summed E-state index contributed by atoms with van der Waals surface area (Å²) in [6, 6.07) is 5.58. The number of nitrogens with one attached hydrogen (secondary N) is 3. The van der Waals surface area contributed by atoms with E-state index in [2.05, 4.69) is 15.6 Å². The predicted molar refractivity (Wildman–Crippen MR) is 135 cm³/mol. The quantitative estimate of drug-likeness (QED) is 0.0882. The summed E-state index contributed by atoms with van der Waals surface area (Å²) in [7, 11) is -3.88. The molecule has 0 bridgehead atoms. The molecule has 13 heteroatoms. The highest BCUT2D eigenvalue weighted by molar-refractivity contribution is 7.51. The maximum atomic E-state index is 13.0. The largest absolute Gasteiger partial charge is 0.480 e. The Morgan fingerprint density at radius 1 is 1.22 bits per heavy atom. The fourth-order valence-electron chi connectivity index (χ4n) is 3.19. The average Bonchev–Trinajstić information content (AvgIpc) is 3.30. The minimum Gasteiger partial charge on any atom is -0.480 e. The van der Waals surface area contributed by atoms with Gasteiger partial charge in [0.2, 0.25) is 5.91 Å². The summed E-state index contributed by atoms with van der Waals surface area (Å²) in [5, 5.41) is 26.1. The van der Waals surface area contributed by atoms with E-state index in [4.69, 9.17) is 25.0 Å². The minimum absolute atomic E-state index is 0.0359. The van der Waals surface area contributed by atoms with Gasteiger partial charge in [-0.15, -0.1) is 0 Å². The molecular formula is C23H36N5O7P. The number of nitrogens with zero attached hydrogens (tertiary/aromatic N) is 1. The van der Waals surface area contributed by atoms with Crippen LogP contribution in [0.2, 0.25) is 0 Å². The van der Waals surface area contributed by atoms with Gasteiger partial charge < -0.3 is 21.0 Å². The molecule has 1 aliphatic rings. The number of amidine groups is 1. The third-order valence-electron chi connectivity index (χ3n) is 5.31. The summed E-state index contributed by atoms with van der Waals surface area (Å²) in [6.07, 6.45) is 2.75. The molecule has 2 rings (SSSR count). The number of nitrogen functional groups attached to an aromatic ring is 1. The molecule has 0 fully saturated rings. The normalized spacial score (nSPS) is 16.2. The maximum Gasteiger partial charge on any atom is 0.406 e. The van der Waals surface area contributed by atoms with Gasteiger partial charge in [-0.05, 0) is 18.4 Å². The third-order valence-corrected chi connectivity index (χ3v) is 6.98. The second-order valence-electron chi connectivity index (χ2n) is 8.36. The minimum atomic E-state index is -3.88. The first-order valence-corrected chi connectivity index (χ1v) is 13.6. The number of nitrogens with two attached hydrogens (primary N) is 1. The predicted octanol–water partition coefficient (Wildman–Crippen LogP) is 2.75. The van der Waals surface area contributed by atoms with E-state index in [1.165, 1.54) is 0 Å². The highest BCUT2D eigenvalue weighted by Crippen LogP contribution is 2.44. The number of hydrogen-bond acceptors (Lipinski definition) is 8. The highest BCUT2D eigenvalue weighted by atomic mass is 31.2. The smallest absolute Gasteiger partial charge is 0.406 e. The van der Waals surface area contributed by atoms with Crippen LogP contribution in [-0.4, -0.2) is 60.4 Å². The van der Waals surface area contributed by atoms with Crippen LogP contribution in [0.15, 0.2) is 29.4 Å². The van der Waals surface area contributed by atoms with E-state index >= 15 is 0 Å². The second kappa shape index (κ2) is 14.7. The van der Waals surface area contributed by atoms with Gasteiger partial charge in [0.05, 0.1) is 25.3 Å². The zero-order chi connectivity index (χ0) is 26.6. The van der Waals surface area contributed by atoms with Gasteiger partial charge in [0.15, 0.2) is 0 Å². The van der Waals surface area contributed by atoms with Crippen molar-refractivity contribution in [2.45, 2.75) is 64.5 Å². The molecule has 12 nitrogen and oxygen atoms in total. The van der Waals surface area contributed by atoms with Gasteiger partial charge in [-0.2, -0.15) is 0 Å². The molecule has 1 aliphatic heterocycles. The lowest BCUT2D eigenvalue weighted by Gasteiger charge is -2.23. The molecule has 200 valence electrons. The molecule has 1 amide bonds. The summed E-state index contributed by atoms with van der Waals surface area (Å²) in [5.41, 5.74) is 7.50. The van der Waals surface area contributed by atoms with E-state index in [-0.39, 0.29) is 32.0 Å². The van der Waals surface area contributed by atoms with Gasteiger partial charge in [0, 0.05) is 18.5 Å². The van der Waals surface area contributed by atoms with Gasteiger partial charge >= 0.3 is 13.7 Å². The SMILES string of the molecule is CCCCOP(=O)(NC(CNC(=O)CC1CC(c2ccc(C(=N)N)cc2)=NO1)C(=O)O)OCCCC. The van der Waals surface area contributed by atoms with Gasteiger partial charge in [-0.1, -0.05) is 56.1 Å². The van der Waals surface area contributed by atoms with Crippen LogP contribution in [0.4, 0.5) is 0 Å². The number of aliphatic carboxylic acids is 1. The number of hydrogen-bond donors (Lipinski definition) is 5.